The number of hydrogen-bond donors (Lipinski definition) is 0. The van der Waals surface area contributed by atoms with Gasteiger partial charge in [-0.3, -0.25) is 0 Å². The van der Waals surface area contributed by atoms with Gasteiger partial charge in [0.15, 0.2) is 0 Å². The van der Waals surface area contributed by atoms with E-state index in [4.69, 9.17) is 0 Å². The van der Waals surface area contributed by atoms with E-state index in [-0.39, 0.29) is 47.8 Å². The monoisotopic (exact) mass is 532 g/mol. The van der Waals surface area contributed by atoms with E-state index in [2.05, 4.69) is 9.97 Å². The van der Waals surface area contributed by atoms with Gasteiger partial charge in [-0.25, -0.2) is 9.97 Å². The van der Waals surface area contributed by atoms with Crippen molar-refractivity contribution < 1.29 is 52.7 Å². The molecule has 3 rings (SSSR count). The maximum atomic E-state index is 13.3. The van der Waals surface area contributed by atoms with Crippen LogP contribution in [0.5, 0.6) is 0 Å². The Morgan fingerprint density at radius 1 is 0.417 bits per heavy atom. The number of benzene rings is 2. The summed E-state index contributed by atoms with van der Waals surface area (Å²) < 4.78 is 160. The highest BCUT2D eigenvalue weighted by molar-refractivity contribution is 5.79. The van der Waals surface area contributed by atoms with E-state index in [9.17, 15) is 52.7 Å². The molecule has 1 aromatic heterocycles. The molecule has 0 saturated heterocycles. The number of rotatable bonds is 2. The lowest BCUT2D eigenvalue weighted by molar-refractivity contribution is -0.144. The Morgan fingerprint density at radius 2 is 0.639 bits per heavy atom. The van der Waals surface area contributed by atoms with E-state index in [1.165, 1.54) is 13.8 Å². The maximum absolute atomic E-state index is 13.3. The average molecular weight is 532 g/mol. The molecule has 0 bridgehead atoms. The summed E-state index contributed by atoms with van der Waals surface area (Å²) >= 11 is 0. The quantitative estimate of drug-likeness (QED) is 0.310. The summed E-state index contributed by atoms with van der Waals surface area (Å²) in [6.07, 6.45) is -21.0. The van der Waals surface area contributed by atoms with Crippen molar-refractivity contribution in [2.24, 2.45) is 0 Å². The van der Waals surface area contributed by atoms with Crippen LogP contribution in [0.4, 0.5) is 52.7 Å². The lowest BCUT2D eigenvalue weighted by Crippen LogP contribution is -2.12. The second-order valence-electron chi connectivity index (χ2n) is 7.68. The molecular weight excluding hydrogens is 520 g/mol. The van der Waals surface area contributed by atoms with Crippen molar-refractivity contribution >= 4 is 0 Å². The Labute approximate surface area is 194 Å². The summed E-state index contributed by atoms with van der Waals surface area (Å²) in [6, 6.07) is 0.685. The molecule has 0 radical (unpaired) electrons. The number of alkyl halides is 12. The lowest BCUT2D eigenvalue weighted by Gasteiger charge is -2.18. The van der Waals surface area contributed by atoms with Crippen LogP contribution in [-0.2, 0) is 24.7 Å². The SMILES string of the molecule is Cc1nc(-c2cc(C(F)(F)F)cc(C(F)(F)F)c2)c(-c2cc(C(F)(F)F)cc(C(F)(F)F)c2)nc1C. The second kappa shape index (κ2) is 8.66. The molecule has 0 amide bonds. The molecule has 0 N–H and O–H groups in total. The summed E-state index contributed by atoms with van der Waals surface area (Å²) in [7, 11) is 0. The Kier molecular flexibility index (Phi) is 6.56. The van der Waals surface area contributed by atoms with E-state index in [1.54, 1.807) is 0 Å². The smallest absolute Gasteiger partial charge is 0.249 e. The van der Waals surface area contributed by atoms with E-state index >= 15 is 0 Å². The molecule has 0 unspecified atom stereocenters. The molecule has 194 valence electrons. The van der Waals surface area contributed by atoms with Crippen LogP contribution < -0.4 is 0 Å². The fourth-order valence-corrected chi connectivity index (χ4v) is 3.19. The van der Waals surface area contributed by atoms with Crippen molar-refractivity contribution in [2.45, 2.75) is 38.6 Å². The third-order valence-corrected chi connectivity index (χ3v) is 5.03. The van der Waals surface area contributed by atoms with Crippen LogP contribution in [-0.4, -0.2) is 9.97 Å². The predicted octanol–water partition coefficient (Wildman–Crippen LogP) is 8.50. The second-order valence-corrected chi connectivity index (χ2v) is 7.68. The van der Waals surface area contributed by atoms with Crippen molar-refractivity contribution in [2.75, 3.05) is 0 Å². The summed E-state index contributed by atoms with van der Waals surface area (Å²) in [5, 5.41) is 0. The number of hydrogen-bond acceptors (Lipinski definition) is 2. The van der Waals surface area contributed by atoms with Crippen molar-refractivity contribution in [1.82, 2.24) is 9.97 Å². The zero-order valence-corrected chi connectivity index (χ0v) is 17.9. The molecule has 36 heavy (non-hydrogen) atoms. The number of nitrogens with zero attached hydrogens (tertiary/aromatic N) is 2. The normalized spacial score (nSPS) is 13.3. The number of aromatic nitrogens is 2. The predicted molar refractivity (Wildman–Crippen MR) is 102 cm³/mol. The molecule has 3 aromatic rings. The zero-order valence-electron chi connectivity index (χ0n) is 17.9. The van der Waals surface area contributed by atoms with Crippen LogP contribution in [0, 0.1) is 13.8 Å². The Bertz CT molecular complexity index is 1130. The molecule has 2 aromatic carbocycles. The minimum Gasteiger partial charge on any atom is -0.249 e. The third-order valence-electron chi connectivity index (χ3n) is 5.03. The first-order valence-corrected chi connectivity index (χ1v) is 9.63. The highest BCUT2D eigenvalue weighted by atomic mass is 19.4. The van der Waals surface area contributed by atoms with Crippen LogP contribution >= 0.6 is 0 Å². The van der Waals surface area contributed by atoms with Gasteiger partial charge in [0.25, 0.3) is 0 Å². The lowest BCUT2D eigenvalue weighted by atomic mass is 9.96. The van der Waals surface area contributed by atoms with Crippen molar-refractivity contribution in [1.29, 1.82) is 0 Å². The van der Waals surface area contributed by atoms with E-state index in [0.717, 1.165) is 0 Å². The van der Waals surface area contributed by atoms with E-state index in [1.807, 2.05) is 0 Å². The molecule has 0 aliphatic rings. The molecular formula is C22H12F12N2. The van der Waals surface area contributed by atoms with Gasteiger partial charge in [-0.15, -0.1) is 0 Å². The van der Waals surface area contributed by atoms with Gasteiger partial charge in [0.05, 0.1) is 45.0 Å². The van der Waals surface area contributed by atoms with Gasteiger partial charge in [0.2, 0.25) is 0 Å². The van der Waals surface area contributed by atoms with Crippen LogP contribution in [0.15, 0.2) is 36.4 Å². The average Bonchev–Trinajstić information content (AvgIpc) is 2.72. The third kappa shape index (κ3) is 5.73. The molecule has 0 spiro atoms. The van der Waals surface area contributed by atoms with Gasteiger partial charge >= 0.3 is 24.7 Å². The zero-order chi connectivity index (χ0) is 27.4. The molecule has 2 nitrogen and oxygen atoms in total. The van der Waals surface area contributed by atoms with Gasteiger partial charge in [-0.1, -0.05) is 0 Å². The standard InChI is InChI=1S/C22H12F12N2/c1-9-10(2)36-18(12-5-15(21(29,30)31)8-16(6-12)22(32,33)34)17(35-9)11-3-13(19(23,24)25)7-14(4-11)20(26,27)28/h3-8H,1-2H3. The van der Waals surface area contributed by atoms with Crippen LogP contribution in [0.25, 0.3) is 22.5 Å². The van der Waals surface area contributed by atoms with Gasteiger partial charge in [-0.05, 0) is 50.2 Å². The van der Waals surface area contributed by atoms with E-state index < -0.39 is 69.5 Å². The topological polar surface area (TPSA) is 25.8 Å². The summed E-state index contributed by atoms with van der Waals surface area (Å²) in [4.78, 5) is 7.78. The molecule has 1 heterocycles. The molecule has 14 heteroatoms. The number of halogens is 12. The Balaban J connectivity index is 2.43. The fraction of sp³-hybridized carbons (Fsp3) is 0.273. The first-order valence-electron chi connectivity index (χ1n) is 9.63. The van der Waals surface area contributed by atoms with Crippen LogP contribution in [0.1, 0.15) is 33.6 Å². The largest absolute Gasteiger partial charge is 0.416 e. The van der Waals surface area contributed by atoms with Crippen molar-refractivity contribution in [3.63, 3.8) is 0 Å². The summed E-state index contributed by atoms with van der Waals surface area (Å²) in [5.41, 5.74) is -10.3. The highest BCUT2D eigenvalue weighted by Gasteiger charge is 2.39. The van der Waals surface area contributed by atoms with Gasteiger partial charge in [-0.2, -0.15) is 52.7 Å². The van der Waals surface area contributed by atoms with Crippen molar-refractivity contribution in [3.8, 4) is 22.5 Å². The first-order chi connectivity index (χ1) is 16.2. The molecule has 0 fully saturated rings. The van der Waals surface area contributed by atoms with Gasteiger partial charge in [0.1, 0.15) is 0 Å². The van der Waals surface area contributed by atoms with Crippen LogP contribution in [0.2, 0.25) is 0 Å². The van der Waals surface area contributed by atoms with Gasteiger partial charge < -0.3 is 0 Å². The van der Waals surface area contributed by atoms with Crippen molar-refractivity contribution in [3.05, 3.63) is 70.0 Å². The fourth-order valence-electron chi connectivity index (χ4n) is 3.19. The minimum atomic E-state index is -5.26. The molecule has 0 aliphatic heterocycles. The maximum Gasteiger partial charge on any atom is 0.416 e. The molecule has 0 aliphatic carbocycles. The number of aryl methyl sites for hydroxylation is 2. The molecule has 0 saturated carbocycles. The highest BCUT2D eigenvalue weighted by Crippen LogP contribution is 2.42. The molecule has 0 atom stereocenters. The van der Waals surface area contributed by atoms with E-state index in [0.29, 0.717) is 0 Å². The summed E-state index contributed by atoms with van der Waals surface area (Å²) in [6.45, 7) is 2.53. The first kappa shape index (κ1) is 27.3. The summed E-state index contributed by atoms with van der Waals surface area (Å²) in [5.74, 6) is 0. The van der Waals surface area contributed by atoms with Gasteiger partial charge in [0, 0.05) is 11.1 Å². The Hall–Kier alpha value is -3.32. The van der Waals surface area contributed by atoms with Crippen LogP contribution in [0.3, 0.4) is 0 Å². The Morgan fingerprint density at radius 3 is 0.833 bits per heavy atom. The minimum absolute atomic E-state index is 0.0252.